The maximum absolute atomic E-state index is 12.7. The summed E-state index contributed by atoms with van der Waals surface area (Å²) in [6, 6.07) is 12.6. The molecule has 1 aliphatic rings. The topological polar surface area (TPSA) is 75.4 Å². The van der Waals surface area contributed by atoms with Crippen molar-refractivity contribution in [2.45, 2.75) is 39.0 Å². The summed E-state index contributed by atoms with van der Waals surface area (Å²) in [5.74, 6) is 0.532. The number of anilines is 2. The third-order valence-electron chi connectivity index (χ3n) is 4.78. The van der Waals surface area contributed by atoms with Crippen LogP contribution in [0.1, 0.15) is 49.9 Å². The van der Waals surface area contributed by atoms with Gasteiger partial charge in [-0.05, 0) is 42.8 Å². The van der Waals surface area contributed by atoms with Crippen LogP contribution in [-0.4, -0.2) is 23.3 Å². The molecule has 28 heavy (non-hydrogen) atoms. The average molecular weight is 377 g/mol. The predicted molar refractivity (Wildman–Crippen MR) is 109 cm³/mol. The fourth-order valence-corrected chi connectivity index (χ4v) is 3.27. The van der Waals surface area contributed by atoms with E-state index in [0.29, 0.717) is 41.2 Å². The molecule has 0 bridgehead atoms. The minimum absolute atomic E-state index is 0.101. The Bertz CT molecular complexity index is 1060. The Morgan fingerprint density at radius 3 is 2.71 bits per heavy atom. The van der Waals surface area contributed by atoms with Crippen molar-refractivity contribution in [3.8, 4) is 0 Å². The number of rotatable bonds is 3. The lowest BCUT2D eigenvalue weighted by atomic mass is 9.97. The standard InChI is InChI=1S/C22H23N3O3/c1-22(2,3)21-24-17-13-15(9-10-18(17)28-21)23-20(27)14-6-4-7-16(12-14)25-11-5-8-19(25)26/h4,6-7,9-10,12-13H,5,8,11H2,1-3H3,(H,23,27). The Morgan fingerprint density at radius 1 is 1.18 bits per heavy atom. The Morgan fingerprint density at radius 2 is 2.00 bits per heavy atom. The first kappa shape index (κ1) is 18.2. The Balaban J connectivity index is 1.56. The monoisotopic (exact) mass is 377 g/mol. The Hall–Kier alpha value is -3.15. The molecule has 6 nitrogen and oxygen atoms in total. The number of benzene rings is 2. The van der Waals surface area contributed by atoms with Crippen LogP contribution in [0.3, 0.4) is 0 Å². The van der Waals surface area contributed by atoms with E-state index in [1.165, 1.54) is 0 Å². The van der Waals surface area contributed by atoms with Crippen LogP contribution in [0.25, 0.3) is 11.1 Å². The first-order chi connectivity index (χ1) is 13.3. The predicted octanol–water partition coefficient (Wildman–Crippen LogP) is 4.50. The first-order valence-electron chi connectivity index (χ1n) is 9.44. The van der Waals surface area contributed by atoms with Crippen LogP contribution in [-0.2, 0) is 10.2 Å². The van der Waals surface area contributed by atoms with Gasteiger partial charge in [0.05, 0.1) is 0 Å². The molecular formula is C22H23N3O3. The van der Waals surface area contributed by atoms with Crippen LogP contribution >= 0.6 is 0 Å². The van der Waals surface area contributed by atoms with Gasteiger partial charge in [-0.15, -0.1) is 0 Å². The van der Waals surface area contributed by atoms with E-state index in [9.17, 15) is 9.59 Å². The SMILES string of the molecule is CC(C)(C)c1nc2cc(NC(=O)c3cccc(N4CCCC4=O)c3)ccc2o1. The molecule has 1 N–H and O–H groups in total. The van der Waals surface area contributed by atoms with E-state index in [1.54, 1.807) is 35.2 Å². The second-order valence-corrected chi connectivity index (χ2v) is 8.10. The average Bonchev–Trinajstić information content (AvgIpc) is 3.27. The van der Waals surface area contributed by atoms with E-state index in [4.69, 9.17) is 4.42 Å². The number of hydrogen-bond donors (Lipinski definition) is 1. The fourth-order valence-electron chi connectivity index (χ4n) is 3.27. The zero-order chi connectivity index (χ0) is 19.9. The summed E-state index contributed by atoms with van der Waals surface area (Å²) in [6.07, 6.45) is 1.41. The molecule has 4 rings (SSSR count). The van der Waals surface area contributed by atoms with Gasteiger partial charge in [-0.3, -0.25) is 9.59 Å². The van der Waals surface area contributed by atoms with Crippen LogP contribution < -0.4 is 10.2 Å². The van der Waals surface area contributed by atoms with Crippen molar-refractivity contribution in [2.75, 3.05) is 16.8 Å². The third-order valence-corrected chi connectivity index (χ3v) is 4.78. The van der Waals surface area contributed by atoms with Crippen LogP contribution in [0, 0.1) is 0 Å². The van der Waals surface area contributed by atoms with E-state index < -0.39 is 0 Å². The number of nitrogens with zero attached hydrogens (tertiary/aromatic N) is 2. The minimum atomic E-state index is -0.229. The molecule has 1 aromatic heterocycles. The van der Waals surface area contributed by atoms with Crippen molar-refractivity contribution in [1.82, 2.24) is 4.98 Å². The van der Waals surface area contributed by atoms with Crippen LogP contribution in [0.15, 0.2) is 46.9 Å². The summed E-state index contributed by atoms with van der Waals surface area (Å²) in [4.78, 5) is 30.9. The summed E-state index contributed by atoms with van der Waals surface area (Å²) in [5, 5.41) is 2.90. The number of carbonyl (C=O) groups is 2. The highest BCUT2D eigenvalue weighted by Crippen LogP contribution is 2.28. The molecule has 0 saturated carbocycles. The van der Waals surface area contributed by atoms with Gasteiger partial charge >= 0.3 is 0 Å². The summed E-state index contributed by atoms with van der Waals surface area (Å²) in [5.41, 5.74) is 3.13. The van der Waals surface area contributed by atoms with Crippen LogP contribution in [0.2, 0.25) is 0 Å². The number of amides is 2. The highest BCUT2D eigenvalue weighted by atomic mass is 16.3. The van der Waals surface area contributed by atoms with Crippen molar-refractivity contribution in [2.24, 2.45) is 0 Å². The second kappa shape index (κ2) is 6.78. The summed E-state index contributed by atoms with van der Waals surface area (Å²) in [6.45, 7) is 6.82. The van der Waals surface area contributed by atoms with E-state index in [0.717, 1.165) is 12.1 Å². The fraction of sp³-hybridized carbons (Fsp3) is 0.318. The second-order valence-electron chi connectivity index (χ2n) is 8.10. The molecule has 1 saturated heterocycles. The first-order valence-corrected chi connectivity index (χ1v) is 9.44. The van der Waals surface area contributed by atoms with E-state index >= 15 is 0 Å². The number of aromatic nitrogens is 1. The molecule has 144 valence electrons. The van der Waals surface area contributed by atoms with Gasteiger partial charge in [0.1, 0.15) is 5.52 Å². The maximum Gasteiger partial charge on any atom is 0.255 e. The molecule has 2 heterocycles. The molecular weight excluding hydrogens is 354 g/mol. The quantitative estimate of drug-likeness (QED) is 0.729. The van der Waals surface area contributed by atoms with Crippen molar-refractivity contribution in [1.29, 1.82) is 0 Å². The van der Waals surface area contributed by atoms with Crippen molar-refractivity contribution in [3.63, 3.8) is 0 Å². The van der Waals surface area contributed by atoms with Crippen molar-refractivity contribution < 1.29 is 14.0 Å². The van der Waals surface area contributed by atoms with Crippen molar-refractivity contribution in [3.05, 3.63) is 53.9 Å². The van der Waals surface area contributed by atoms with Gasteiger partial charge in [0.15, 0.2) is 5.58 Å². The third kappa shape index (κ3) is 3.50. The van der Waals surface area contributed by atoms with Gasteiger partial charge in [0.25, 0.3) is 5.91 Å². The highest BCUT2D eigenvalue weighted by Gasteiger charge is 2.23. The number of oxazole rings is 1. The van der Waals surface area contributed by atoms with Gasteiger partial charge in [0, 0.05) is 35.3 Å². The van der Waals surface area contributed by atoms with Gasteiger partial charge in [0.2, 0.25) is 11.8 Å². The molecule has 0 radical (unpaired) electrons. The zero-order valence-corrected chi connectivity index (χ0v) is 16.3. The normalized spacial score (nSPS) is 14.7. The molecule has 2 aromatic carbocycles. The summed E-state index contributed by atoms with van der Waals surface area (Å²) in [7, 11) is 0. The molecule has 2 amide bonds. The Labute approximate surface area is 163 Å². The summed E-state index contributed by atoms with van der Waals surface area (Å²) < 4.78 is 5.80. The molecule has 6 heteroatoms. The van der Waals surface area contributed by atoms with E-state index in [2.05, 4.69) is 10.3 Å². The zero-order valence-electron chi connectivity index (χ0n) is 16.3. The molecule has 1 aliphatic heterocycles. The van der Waals surface area contributed by atoms with Gasteiger partial charge in [-0.1, -0.05) is 26.8 Å². The number of nitrogens with one attached hydrogen (secondary N) is 1. The largest absolute Gasteiger partial charge is 0.440 e. The molecule has 0 spiro atoms. The Kier molecular flexibility index (Phi) is 4.41. The molecule has 3 aromatic rings. The van der Waals surface area contributed by atoms with Gasteiger partial charge in [-0.2, -0.15) is 0 Å². The van der Waals surface area contributed by atoms with Gasteiger partial charge < -0.3 is 14.6 Å². The number of hydrogen-bond acceptors (Lipinski definition) is 4. The summed E-state index contributed by atoms with van der Waals surface area (Å²) >= 11 is 0. The lowest BCUT2D eigenvalue weighted by molar-refractivity contribution is -0.117. The smallest absolute Gasteiger partial charge is 0.255 e. The molecule has 0 aliphatic carbocycles. The number of carbonyl (C=O) groups excluding carboxylic acids is 2. The lowest BCUT2D eigenvalue weighted by Crippen LogP contribution is -2.24. The number of fused-ring (bicyclic) bond motifs is 1. The maximum atomic E-state index is 12.7. The van der Waals surface area contributed by atoms with E-state index in [-0.39, 0.29) is 17.2 Å². The molecule has 0 atom stereocenters. The minimum Gasteiger partial charge on any atom is -0.440 e. The van der Waals surface area contributed by atoms with Crippen LogP contribution in [0.4, 0.5) is 11.4 Å². The van der Waals surface area contributed by atoms with Crippen LogP contribution in [0.5, 0.6) is 0 Å². The highest BCUT2D eigenvalue weighted by molar-refractivity contribution is 6.06. The van der Waals surface area contributed by atoms with Crippen molar-refractivity contribution >= 4 is 34.3 Å². The molecule has 1 fully saturated rings. The molecule has 0 unspecified atom stereocenters. The van der Waals surface area contributed by atoms with E-state index in [1.807, 2.05) is 32.9 Å². The van der Waals surface area contributed by atoms with Gasteiger partial charge in [-0.25, -0.2) is 4.98 Å². The lowest BCUT2D eigenvalue weighted by Gasteiger charge is -2.16.